The van der Waals surface area contributed by atoms with Crippen LogP contribution in [-0.2, 0) is 14.8 Å². The Morgan fingerprint density at radius 2 is 1.73 bits per heavy atom. The standard InChI is InChI=1S/C16H24N2O3S/c1-13-7-9-15(10-8-13)22(20,21)18-12-11-17-16(19)14-5-3-2-4-6-14/h7-10,14,18H,2-6,11-12H2,1H3,(H,17,19). The van der Waals surface area contributed by atoms with Crippen molar-refractivity contribution in [2.45, 2.75) is 43.9 Å². The summed E-state index contributed by atoms with van der Waals surface area (Å²) in [6.45, 7) is 2.43. The van der Waals surface area contributed by atoms with Crippen molar-refractivity contribution in [3.63, 3.8) is 0 Å². The van der Waals surface area contributed by atoms with Gasteiger partial charge in [0.05, 0.1) is 4.90 Å². The summed E-state index contributed by atoms with van der Waals surface area (Å²) in [5.41, 5.74) is 1.01. The molecule has 0 aliphatic heterocycles. The molecule has 2 N–H and O–H groups in total. The lowest BCUT2D eigenvalue weighted by atomic mass is 9.89. The highest BCUT2D eigenvalue weighted by molar-refractivity contribution is 7.89. The molecule has 2 rings (SSSR count). The van der Waals surface area contributed by atoms with Gasteiger partial charge in [0, 0.05) is 19.0 Å². The van der Waals surface area contributed by atoms with E-state index in [1.54, 1.807) is 24.3 Å². The summed E-state index contributed by atoms with van der Waals surface area (Å²) >= 11 is 0. The van der Waals surface area contributed by atoms with Crippen LogP contribution >= 0.6 is 0 Å². The predicted octanol–water partition coefficient (Wildman–Crippen LogP) is 1.97. The molecule has 0 bridgehead atoms. The van der Waals surface area contributed by atoms with E-state index in [0.29, 0.717) is 6.54 Å². The molecule has 6 heteroatoms. The Kier molecular flexibility index (Phi) is 5.97. The highest BCUT2D eigenvalue weighted by Gasteiger charge is 2.20. The molecule has 1 aliphatic rings. The Morgan fingerprint density at radius 3 is 2.36 bits per heavy atom. The lowest BCUT2D eigenvalue weighted by molar-refractivity contribution is -0.125. The molecule has 122 valence electrons. The number of benzene rings is 1. The SMILES string of the molecule is Cc1ccc(S(=O)(=O)NCCNC(=O)C2CCCCC2)cc1. The van der Waals surface area contributed by atoms with Gasteiger partial charge in [-0.1, -0.05) is 37.0 Å². The molecule has 0 saturated heterocycles. The van der Waals surface area contributed by atoms with Crippen molar-refractivity contribution in [1.82, 2.24) is 10.0 Å². The Labute approximate surface area is 132 Å². The first kappa shape index (κ1) is 17.0. The molecule has 0 unspecified atom stereocenters. The van der Waals surface area contributed by atoms with Crippen LogP contribution in [0.3, 0.4) is 0 Å². The van der Waals surface area contributed by atoms with Crippen molar-refractivity contribution >= 4 is 15.9 Å². The summed E-state index contributed by atoms with van der Waals surface area (Å²) in [7, 11) is -3.50. The molecule has 1 fully saturated rings. The fourth-order valence-electron chi connectivity index (χ4n) is 2.68. The van der Waals surface area contributed by atoms with Gasteiger partial charge in [-0.05, 0) is 31.9 Å². The molecule has 1 aliphatic carbocycles. The van der Waals surface area contributed by atoms with Crippen molar-refractivity contribution in [2.24, 2.45) is 5.92 Å². The summed E-state index contributed by atoms with van der Waals surface area (Å²) in [5.74, 6) is 0.150. The van der Waals surface area contributed by atoms with E-state index < -0.39 is 10.0 Å². The maximum atomic E-state index is 12.1. The highest BCUT2D eigenvalue weighted by Crippen LogP contribution is 2.23. The molecule has 1 aromatic carbocycles. The van der Waals surface area contributed by atoms with Crippen LogP contribution < -0.4 is 10.0 Å². The van der Waals surface area contributed by atoms with Gasteiger partial charge in [0.25, 0.3) is 0 Å². The number of hydrogen-bond donors (Lipinski definition) is 2. The van der Waals surface area contributed by atoms with E-state index in [9.17, 15) is 13.2 Å². The van der Waals surface area contributed by atoms with Crippen LogP contribution in [0.5, 0.6) is 0 Å². The Morgan fingerprint density at radius 1 is 1.09 bits per heavy atom. The van der Waals surface area contributed by atoms with Crippen molar-refractivity contribution in [2.75, 3.05) is 13.1 Å². The number of hydrogen-bond acceptors (Lipinski definition) is 3. The van der Waals surface area contributed by atoms with E-state index in [0.717, 1.165) is 31.2 Å². The first-order chi connectivity index (χ1) is 10.5. The zero-order valence-electron chi connectivity index (χ0n) is 13.0. The van der Waals surface area contributed by atoms with Crippen LogP contribution in [0.1, 0.15) is 37.7 Å². The molecule has 1 aromatic rings. The van der Waals surface area contributed by atoms with Crippen LogP contribution in [0.2, 0.25) is 0 Å². The molecule has 0 atom stereocenters. The Bertz CT molecular complexity index is 590. The van der Waals surface area contributed by atoms with E-state index in [1.165, 1.54) is 6.42 Å². The molecular weight excluding hydrogens is 300 g/mol. The van der Waals surface area contributed by atoms with Gasteiger partial charge in [0.2, 0.25) is 15.9 Å². The van der Waals surface area contributed by atoms with Crippen molar-refractivity contribution in [3.05, 3.63) is 29.8 Å². The lowest BCUT2D eigenvalue weighted by Gasteiger charge is -2.20. The number of rotatable bonds is 6. The summed E-state index contributed by atoms with van der Waals surface area (Å²) in [6, 6.07) is 6.69. The molecule has 1 saturated carbocycles. The average molecular weight is 324 g/mol. The quantitative estimate of drug-likeness (QED) is 0.786. The van der Waals surface area contributed by atoms with Crippen LogP contribution in [-0.4, -0.2) is 27.4 Å². The number of nitrogens with one attached hydrogen (secondary N) is 2. The van der Waals surface area contributed by atoms with Gasteiger partial charge in [-0.3, -0.25) is 4.79 Å². The minimum atomic E-state index is -3.50. The normalized spacial score (nSPS) is 16.4. The van der Waals surface area contributed by atoms with Crippen LogP contribution in [0.4, 0.5) is 0 Å². The molecule has 0 radical (unpaired) electrons. The van der Waals surface area contributed by atoms with E-state index in [-0.39, 0.29) is 23.3 Å². The molecule has 0 heterocycles. The number of sulfonamides is 1. The van der Waals surface area contributed by atoms with Gasteiger partial charge in [-0.25, -0.2) is 13.1 Å². The van der Waals surface area contributed by atoms with Crippen molar-refractivity contribution in [3.8, 4) is 0 Å². The van der Waals surface area contributed by atoms with Gasteiger partial charge in [-0.15, -0.1) is 0 Å². The van der Waals surface area contributed by atoms with Crippen molar-refractivity contribution in [1.29, 1.82) is 0 Å². The van der Waals surface area contributed by atoms with Gasteiger partial charge >= 0.3 is 0 Å². The number of carbonyl (C=O) groups excluding carboxylic acids is 1. The summed E-state index contributed by atoms with van der Waals surface area (Å²) in [6.07, 6.45) is 5.32. The first-order valence-electron chi connectivity index (χ1n) is 7.83. The lowest BCUT2D eigenvalue weighted by Crippen LogP contribution is -2.38. The van der Waals surface area contributed by atoms with Crippen LogP contribution in [0.15, 0.2) is 29.2 Å². The highest BCUT2D eigenvalue weighted by atomic mass is 32.2. The zero-order chi connectivity index (χ0) is 16.0. The van der Waals surface area contributed by atoms with E-state index in [1.807, 2.05) is 6.92 Å². The Balaban J connectivity index is 1.75. The topological polar surface area (TPSA) is 75.3 Å². The van der Waals surface area contributed by atoms with Crippen LogP contribution in [0, 0.1) is 12.8 Å². The fraction of sp³-hybridized carbons (Fsp3) is 0.562. The third-order valence-corrected chi connectivity index (χ3v) is 5.50. The van der Waals surface area contributed by atoms with Crippen LogP contribution in [0.25, 0.3) is 0 Å². The molecular formula is C16H24N2O3S. The number of amides is 1. The Hall–Kier alpha value is -1.40. The molecule has 0 spiro atoms. The number of aryl methyl sites for hydroxylation is 1. The van der Waals surface area contributed by atoms with E-state index >= 15 is 0 Å². The van der Waals surface area contributed by atoms with Gasteiger partial charge in [0.1, 0.15) is 0 Å². The second-order valence-corrected chi connectivity index (χ2v) is 7.60. The molecule has 1 amide bonds. The second-order valence-electron chi connectivity index (χ2n) is 5.84. The van der Waals surface area contributed by atoms with Gasteiger partial charge in [-0.2, -0.15) is 0 Å². The zero-order valence-corrected chi connectivity index (χ0v) is 13.8. The summed E-state index contributed by atoms with van der Waals surface area (Å²) in [5, 5.41) is 2.82. The van der Waals surface area contributed by atoms with Crippen molar-refractivity contribution < 1.29 is 13.2 Å². The monoisotopic (exact) mass is 324 g/mol. The summed E-state index contributed by atoms with van der Waals surface area (Å²) in [4.78, 5) is 12.2. The second kappa shape index (κ2) is 7.74. The maximum absolute atomic E-state index is 12.1. The first-order valence-corrected chi connectivity index (χ1v) is 9.31. The smallest absolute Gasteiger partial charge is 0.240 e. The average Bonchev–Trinajstić information content (AvgIpc) is 2.52. The predicted molar refractivity (Wildman–Crippen MR) is 86.0 cm³/mol. The summed E-state index contributed by atoms with van der Waals surface area (Å²) < 4.78 is 26.6. The third-order valence-electron chi connectivity index (χ3n) is 4.02. The minimum absolute atomic E-state index is 0.0502. The maximum Gasteiger partial charge on any atom is 0.240 e. The fourth-order valence-corrected chi connectivity index (χ4v) is 3.71. The number of carbonyl (C=O) groups is 1. The largest absolute Gasteiger partial charge is 0.355 e. The van der Waals surface area contributed by atoms with Gasteiger partial charge in [0.15, 0.2) is 0 Å². The molecule has 22 heavy (non-hydrogen) atoms. The van der Waals surface area contributed by atoms with E-state index in [4.69, 9.17) is 0 Å². The molecule has 0 aromatic heterocycles. The molecule has 5 nitrogen and oxygen atoms in total. The third kappa shape index (κ3) is 4.81. The minimum Gasteiger partial charge on any atom is -0.355 e. The van der Waals surface area contributed by atoms with Gasteiger partial charge < -0.3 is 5.32 Å². The van der Waals surface area contributed by atoms with E-state index in [2.05, 4.69) is 10.0 Å².